The molecule has 21 heavy (non-hydrogen) atoms. The standard InChI is InChI=1S/C15H18FN3O2/c1-4-12-14(16)15(19-9-18-12)17-8-10-5-6-11(20-2)7-13(10)21-3/h5-7,9H,4,8H2,1-3H3,(H,17,18,19). The number of anilines is 1. The van der Waals surface area contributed by atoms with Gasteiger partial charge in [0.05, 0.1) is 19.9 Å². The van der Waals surface area contributed by atoms with Crippen LogP contribution >= 0.6 is 0 Å². The molecule has 0 aliphatic carbocycles. The van der Waals surface area contributed by atoms with Crippen LogP contribution in [0.15, 0.2) is 24.5 Å². The highest BCUT2D eigenvalue weighted by atomic mass is 19.1. The Kier molecular flexibility index (Phi) is 4.92. The van der Waals surface area contributed by atoms with Crippen LogP contribution in [0.4, 0.5) is 10.2 Å². The monoisotopic (exact) mass is 291 g/mol. The molecule has 0 saturated heterocycles. The molecule has 0 fully saturated rings. The minimum atomic E-state index is -0.410. The second kappa shape index (κ2) is 6.88. The normalized spacial score (nSPS) is 10.3. The van der Waals surface area contributed by atoms with Crippen LogP contribution in [-0.2, 0) is 13.0 Å². The highest BCUT2D eigenvalue weighted by Gasteiger charge is 2.11. The summed E-state index contributed by atoms with van der Waals surface area (Å²) in [5.74, 6) is 1.16. The zero-order chi connectivity index (χ0) is 15.2. The van der Waals surface area contributed by atoms with Crippen molar-refractivity contribution in [1.82, 2.24) is 9.97 Å². The van der Waals surface area contributed by atoms with Gasteiger partial charge in [0.2, 0.25) is 0 Å². The van der Waals surface area contributed by atoms with Crippen LogP contribution in [0.1, 0.15) is 18.2 Å². The van der Waals surface area contributed by atoms with E-state index in [1.54, 1.807) is 20.3 Å². The van der Waals surface area contributed by atoms with Gasteiger partial charge in [-0.3, -0.25) is 0 Å². The molecule has 2 rings (SSSR count). The molecule has 0 saturated carbocycles. The summed E-state index contributed by atoms with van der Waals surface area (Å²) in [6.45, 7) is 2.24. The van der Waals surface area contributed by atoms with E-state index in [2.05, 4.69) is 15.3 Å². The fourth-order valence-corrected chi connectivity index (χ4v) is 1.95. The van der Waals surface area contributed by atoms with E-state index in [4.69, 9.17) is 9.47 Å². The van der Waals surface area contributed by atoms with Gasteiger partial charge in [-0.1, -0.05) is 6.92 Å². The van der Waals surface area contributed by atoms with Crippen LogP contribution in [0.5, 0.6) is 11.5 Å². The number of benzene rings is 1. The summed E-state index contributed by atoms with van der Waals surface area (Å²) < 4.78 is 24.5. The van der Waals surface area contributed by atoms with Gasteiger partial charge in [-0.15, -0.1) is 0 Å². The smallest absolute Gasteiger partial charge is 0.186 e. The third-order valence-corrected chi connectivity index (χ3v) is 3.14. The number of ether oxygens (including phenoxy) is 2. The van der Waals surface area contributed by atoms with Crippen LogP contribution in [-0.4, -0.2) is 24.2 Å². The van der Waals surface area contributed by atoms with Gasteiger partial charge in [-0.05, 0) is 18.6 Å². The third kappa shape index (κ3) is 3.39. The molecule has 0 radical (unpaired) electrons. The highest BCUT2D eigenvalue weighted by molar-refractivity contribution is 5.44. The third-order valence-electron chi connectivity index (χ3n) is 3.14. The first kappa shape index (κ1) is 15.0. The van der Waals surface area contributed by atoms with Crippen LogP contribution < -0.4 is 14.8 Å². The van der Waals surface area contributed by atoms with E-state index in [9.17, 15) is 4.39 Å². The molecule has 5 nitrogen and oxygen atoms in total. The number of hydrogen-bond acceptors (Lipinski definition) is 5. The number of nitrogens with zero attached hydrogens (tertiary/aromatic N) is 2. The predicted molar refractivity (Wildman–Crippen MR) is 78.2 cm³/mol. The van der Waals surface area contributed by atoms with Crippen LogP contribution in [0.25, 0.3) is 0 Å². The average molecular weight is 291 g/mol. The van der Waals surface area contributed by atoms with Crippen molar-refractivity contribution in [1.29, 1.82) is 0 Å². The molecule has 0 unspecified atom stereocenters. The van der Waals surface area contributed by atoms with Crippen molar-refractivity contribution in [2.45, 2.75) is 19.9 Å². The summed E-state index contributed by atoms with van der Waals surface area (Å²) in [5.41, 5.74) is 1.28. The maximum atomic E-state index is 14.0. The lowest BCUT2D eigenvalue weighted by Crippen LogP contribution is -2.07. The SMILES string of the molecule is CCc1ncnc(NCc2ccc(OC)cc2OC)c1F. The van der Waals surface area contributed by atoms with Gasteiger partial charge in [-0.2, -0.15) is 0 Å². The van der Waals surface area contributed by atoms with E-state index >= 15 is 0 Å². The summed E-state index contributed by atoms with van der Waals surface area (Å²) >= 11 is 0. The quantitative estimate of drug-likeness (QED) is 0.887. The van der Waals surface area contributed by atoms with Gasteiger partial charge in [0.25, 0.3) is 0 Å². The van der Waals surface area contributed by atoms with Crippen LogP contribution in [0, 0.1) is 5.82 Å². The van der Waals surface area contributed by atoms with Gasteiger partial charge in [0.15, 0.2) is 11.6 Å². The topological polar surface area (TPSA) is 56.3 Å². The van der Waals surface area contributed by atoms with E-state index < -0.39 is 5.82 Å². The summed E-state index contributed by atoms with van der Waals surface area (Å²) in [4.78, 5) is 7.83. The maximum Gasteiger partial charge on any atom is 0.186 e. The maximum absolute atomic E-state index is 14.0. The lowest BCUT2D eigenvalue weighted by Gasteiger charge is -2.12. The average Bonchev–Trinajstić information content (AvgIpc) is 2.53. The van der Waals surface area contributed by atoms with Crippen molar-refractivity contribution in [3.63, 3.8) is 0 Å². The second-order valence-electron chi connectivity index (χ2n) is 4.37. The number of rotatable bonds is 6. The lowest BCUT2D eigenvalue weighted by molar-refractivity contribution is 0.391. The fraction of sp³-hybridized carbons (Fsp3) is 0.333. The molecule has 0 atom stereocenters. The minimum Gasteiger partial charge on any atom is -0.497 e. The first-order valence-electron chi connectivity index (χ1n) is 6.63. The van der Waals surface area contributed by atoms with Gasteiger partial charge >= 0.3 is 0 Å². The molecule has 0 aliphatic rings. The Labute approximate surface area is 123 Å². The number of nitrogens with one attached hydrogen (secondary N) is 1. The number of methoxy groups -OCH3 is 2. The zero-order valence-electron chi connectivity index (χ0n) is 12.3. The zero-order valence-corrected chi connectivity index (χ0v) is 12.3. The first-order valence-corrected chi connectivity index (χ1v) is 6.63. The molecular formula is C15H18FN3O2. The van der Waals surface area contributed by atoms with Crippen molar-refractivity contribution in [3.8, 4) is 11.5 Å². The van der Waals surface area contributed by atoms with Crippen molar-refractivity contribution in [3.05, 3.63) is 41.6 Å². The van der Waals surface area contributed by atoms with E-state index in [0.29, 0.717) is 30.2 Å². The molecule has 6 heteroatoms. The van der Waals surface area contributed by atoms with Gasteiger partial charge in [-0.25, -0.2) is 14.4 Å². The largest absolute Gasteiger partial charge is 0.497 e. The van der Waals surface area contributed by atoms with E-state index in [0.717, 1.165) is 5.56 Å². The first-order chi connectivity index (χ1) is 10.2. The molecule has 1 N–H and O–H groups in total. The fourth-order valence-electron chi connectivity index (χ4n) is 1.95. The van der Waals surface area contributed by atoms with Crippen molar-refractivity contribution in [2.24, 2.45) is 0 Å². The lowest BCUT2D eigenvalue weighted by atomic mass is 10.2. The molecule has 0 spiro atoms. The van der Waals surface area contributed by atoms with Crippen LogP contribution in [0.2, 0.25) is 0 Å². The van der Waals surface area contributed by atoms with Gasteiger partial charge < -0.3 is 14.8 Å². The molecule has 1 heterocycles. The summed E-state index contributed by atoms with van der Waals surface area (Å²) in [6.07, 6.45) is 1.88. The molecule has 0 amide bonds. The number of hydrogen-bond donors (Lipinski definition) is 1. The summed E-state index contributed by atoms with van der Waals surface area (Å²) in [6, 6.07) is 5.47. The molecule has 1 aromatic heterocycles. The Morgan fingerprint density at radius 1 is 1.19 bits per heavy atom. The molecular weight excluding hydrogens is 273 g/mol. The highest BCUT2D eigenvalue weighted by Crippen LogP contribution is 2.25. The van der Waals surface area contributed by atoms with Crippen molar-refractivity contribution < 1.29 is 13.9 Å². The van der Waals surface area contributed by atoms with Gasteiger partial charge in [0, 0.05) is 18.2 Å². The Balaban J connectivity index is 2.16. The minimum absolute atomic E-state index is 0.194. The Bertz CT molecular complexity index is 620. The Hall–Kier alpha value is -2.37. The predicted octanol–water partition coefficient (Wildman–Crippen LogP) is 2.81. The number of aromatic nitrogens is 2. The second-order valence-corrected chi connectivity index (χ2v) is 4.37. The molecule has 0 aliphatic heterocycles. The van der Waals surface area contributed by atoms with Crippen LogP contribution in [0.3, 0.4) is 0 Å². The van der Waals surface area contributed by atoms with E-state index in [-0.39, 0.29) is 5.82 Å². The molecule has 2 aromatic rings. The summed E-state index contributed by atoms with van der Waals surface area (Å²) in [7, 11) is 3.17. The Morgan fingerprint density at radius 3 is 2.67 bits per heavy atom. The number of aryl methyl sites for hydroxylation is 1. The number of halogens is 1. The van der Waals surface area contributed by atoms with E-state index in [1.165, 1.54) is 6.33 Å². The summed E-state index contributed by atoms with van der Waals surface area (Å²) in [5, 5.41) is 2.97. The van der Waals surface area contributed by atoms with Gasteiger partial charge in [0.1, 0.15) is 17.8 Å². The molecule has 1 aromatic carbocycles. The Morgan fingerprint density at radius 2 is 2.00 bits per heavy atom. The van der Waals surface area contributed by atoms with E-state index in [1.807, 2.05) is 19.1 Å². The van der Waals surface area contributed by atoms with Crippen molar-refractivity contribution in [2.75, 3.05) is 19.5 Å². The molecule has 0 bridgehead atoms. The molecule has 112 valence electrons. The van der Waals surface area contributed by atoms with Crippen molar-refractivity contribution >= 4 is 5.82 Å².